The number of hydrogen-bond acceptors (Lipinski definition) is 1. The maximum absolute atomic E-state index is 13.9. The normalized spacial score (nSPS) is 19.2. The summed E-state index contributed by atoms with van der Waals surface area (Å²) < 4.78 is 18.9. The van der Waals surface area contributed by atoms with Crippen molar-refractivity contribution in [2.24, 2.45) is 5.92 Å². The first kappa shape index (κ1) is 14.4. The molecule has 0 bridgehead atoms. The fourth-order valence-corrected chi connectivity index (χ4v) is 3.02. The van der Waals surface area contributed by atoms with Crippen molar-refractivity contribution in [2.45, 2.75) is 39.0 Å². The van der Waals surface area contributed by atoms with E-state index in [4.69, 9.17) is 16.3 Å². The lowest BCUT2D eigenvalue weighted by Crippen LogP contribution is -2.05. The molecule has 0 aromatic heterocycles. The number of allylic oxidation sites excluding steroid dienone is 2. The molecule has 0 saturated heterocycles. The number of benzene rings is 1. The SMILES string of the molecule is CCCC1CC=C(c2ccc(OC)c(F)c2Cl)CC1. The van der Waals surface area contributed by atoms with Gasteiger partial charge >= 0.3 is 0 Å². The van der Waals surface area contributed by atoms with Gasteiger partial charge in [-0.2, -0.15) is 0 Å². The average Bonchev–Trinajstić information content (AvgIpc) is 2.43. The molecule has 2 rings (SSSR count). The molecular formula is C16H20ClFO. The Hall–Kier alpha value is -1.02. The van der Waals surface area contributed by atoms with Crippen LogP contribution >= 0.6 is 11.6 Å². The zero-order valence-corrected chi connectivity index (χ0v) is 12.3. The van der Waals surface area contributed by atoms with Crippen molar-refractivity contribution >= 4 is 17.2 Å². The van der Waals surface area contributed by atoms with Gasteiger partial charge < -0.3 is 4.74 Å². The zero-order chi connectivity index (χ0) is 13.8. The van der Waals surface area contributed by atoms with E-state index in [-0.39, 0.29) is 10.8 Å². The molecule has 1 aliphatic carbocycles. The fraction of sp³-hybridized carbons (Fsp3) is 0.500. The first-order valence-electron chi connectivity index (χ1n) is 6.88. The lowest BCUT2D eigenvalue weighted by Gasteiger charge is -2.22. The zero-order valence-electron chi connectivity index (χ0n) is 11.5. The molecule has 0 radical (unpaired) electrons. The number of rotatable bonds is 4. The summed E-state index contributed by atoms with van der Waals surface area (Å²) in [5.41, 5.74) is 1.98. The van der Waals surface area contributed by atoms with E-state index in [9.17, 15) is 4.39 Å². The minimum atomic E-state index is -0.460. The maximum Gasteiger partial charge on any atom is 0.184 e. The molecule has 1 aromatic carbocycles. The summed E-state index contributed by atoms with van der Waals surface area (Å²) in [5.74, 6) is 0.517. The summed E-state index contributed by atoms with van der Waals surface area (Å²) in [6.07, 6.45) is 7.95. The van der Waals surface area contributed by atoms with Gasteiger partial charge in [0.2, 0.25) is 0 Å². The van der Waals surface area contributed by atoms with E-state index < -0.39 is 5.82 Å². The van der Waals surface area contributed by atoms with Crippen molar-refractivity contribution in [1.29, 1.82) is 0 Å². The standard InChI is InChI=1S/C16H20ClFO/c1-3-4-11-5-7-12(8-6-11)13-9-10-14(19-2)16(18)15(13)17/h7,9-11H,3-6,8H2,1-2H3. The minimum absolute atomic E-state index is 0.180. The third-order valence-corrected chi connectivity index (χ3v) is 4.20. The van der Waals surface area contributed by atoms with E-state index in [0.29, 0.717) is 0 Å². The van der Waals surface area contributed by atoms with Crippen molar-refractivity contribution in [1.82, 2.24) is 0 Å². The molecule has 1 atom stereocenters. The lowest BCUT2D eigenvalue weighted by atomic mass is 9.84. The average molecular weight is 283 g/mol. The highest BCUT2D eigenvalue weighted by Gasteiger charge is 2.19. The van der Waals surface area contributed by atoms with Gasteiger partial charge in [0, 0.05) is 0 Å². The molecule has 0 spiro atoms. The van der Waals surface area contributed by atoms with Gasteiger partial charge in [-0.05, 0) is 48.4 Å². The Labute approximate surface area is 119 Å². The molecule has 0 saturated carbocycles. The van der Waals surface area contributed by atoms with E-state index in [1.165, 1.54) is 31.9 Å². The molecule has 0 heterocycles. The Bertz CT molecular complexity index is 482. The van der Waals surface area contributed by atoms with Crippen molar-refractivity contribution < 1.29 is 9.13 Å². The molecule has 0 amide bonds. The first-order valence-corrected chi connectivity index (χ1v) is 7.26. The predicted octanol–water partition coefficient (Wildman–Crippen LogP) is 5.47. The van der Waals surface area contributed by atoms with Crippen LogP contribution in [0.3, 0.4) is 0 Å². The number of halogens is 2. The maximum atomic E-state index is 13.9. The highest BCUT2D eigenvalue weighted by Crippen LogP contribution is 2.38. The summed E-state index contributed by atoms with van der Waals surface area (Å²) in [6, 6.07) is 3.51. The number of ether oxygens (including phenoxy) is 1. The van der Waals surface area contributed by atoms with Crippen molar-refractivity contribution in [2.75, 3.05) is 7.11 Å². The topological polar surface area (TPSA) is 9.23 Å². The van der Waals surface area contributed by atoms with Crippen LogP contribution in [-0.4, -0.2) is 7.11 Å². The van der Waals surface area contributed by atoms with Gasteiger partial charge in [0.15, 0.2) is 11.6 Å². The molecular weight excluding hydrogens is 263 g/mol. The van der Waals surface area contributed by atoms with Gasteiger partial charge in [-0.25, -0.2) is 4.39 Å². The molecule has 0 fully saturated rings. The van der Waals surface area contributed by atoms with Gasteiger partial charge in [-0.15, -0.1) is 0 Å². The summed E-state index contributed by atoms with van der Waals surface area (Å²) in [7, 11) is 1.45. The monoisotopic (exact) mass is 282 g/mol. The smallest absolute Gasteiger partial charge is 0.184 e. The van der Waals surface area contributed by atoms with Crippen LogP contribution in [0.5, 0.6) is 5.75 Å². The van der Waals surface area contributed by atoms with Crippen molar-refractivity contribution in [3.8, 4) is 5.75 Å². The second-order valence-corrected chi connectivity index (χ2v) is 5.48. The van der Waals surface area contributed by atoms with Gasteiger partial charge in [0.05, 0.1) is 12.1 Å². The summed E-state index contributed by atoms with van der Waals surface area (Å²) in [6.45, 7) is 2.22. The first-order chi connectivity index (χ1) is 9.17. The number of hydrogen-bond donors (Lipinski definition) is 0. The Balaban J connectivity index is 2.22. The van der Waals surface area contributed by atoms with Crippen LogP contribution in [0.2, 0.25) is 5.02 Å². The van der Waals surface area contributed by atoms with E-state index >= 15 is 0 Å². The van der Waals surface area contributed by atoms with Crippen LogP contribution in [0.25, 0.3) is 5.57 Å². The molecule has 0 aliphatic heterocycles. The van der Waals surface area contributed by atoms with Crippen LogP contribution in [0.4, 0.5) is 4.39 Å². The molecule has 1 unspecified atom stereocenters. The van der Waals surface area contributed by atoms with Gasteiger partial charge in [0.1, 0.15) is 0 Å². The minimum Gasteiger partial charge on any atom is -0.494 e. The van der Waals surface area contributed by atoms with Crippen molar-refractivity contribution in [3.63, 3.8) is 0 Å². The largest absolute Gasteiger partial charge is 0.494 e. The fourth-order valence-electron chi connectivity index (χ4n) is 2.74. The Morgan fingerprint density at radius 1 is 1.42 bits per heavy atom. The molecule has 19 heavy (non-hydrogen) atoms. The van der Waals surface area contributed by atoms with E-state index in [2.05, 4.69) is 13.0 Å². The Morgan fingerprint density at radius 3 is 2.79 bits per heavy atom. The van der Waals surface area contributed by atoms with Gasteiger partial charge in [0.25, 0.3) is 0 Å². The third-order valence-electron chi connectivity index (χ3n) is 3.83. The second-order valence-electron chi connectivity index (χ2n) is 5.10. The number of methoxy groups -OCH3 is 1. The Morgan fingerprint density at radius 2 is 2.21 bits per heavy atom. The highest BCUT2D eigenvalue weighted by atomic mass is 35.5. The van der Waals surface area contributed by atoms with Crippen molar-refractivity contribution in [3.05, 3.63) is 34.6 Å². The second kappa shape index (κ2) is 6.42. The predicted molar refractivity (Wildman–Crippen MR) is 78.2 cm³/mol. The lowest BCUT2D eigenvalue weighted by molar-refractivity contribution is 0.386. The van der Waals surface area contributed by atoms with E-state index in [0.717, 1.165) is 24.3 Å². The summed E-state index contributed by atoms with van der Waals surface area (Å²) in [5, 5.41) is 0.180. The summed E-state index contributed by atoms with van der Waals surface area (Å²) in [4.78, 5) is 0. The van der Waals surface area contributed by atoms with Crippen LogP contribution in [0.1, 0.15) is 44.6 Å². The van der Waals surface area contributed by atoms with E-state index in [1.54, 1.807) is 6.07 Å². The molecule has 1 aliphatic rings. The molecule has 1 nitrogen and oxygen atoms in total. The molecule has 0 N–H and O–H groups in total. The highest BCUT2D eigenvalue weighted by molar-refractivity contribution is 6.32. The third kappa shape index (κ3) is 3.11. The van der Waals surface area contributed by atoms with Crippen LogP contribution in [0.15, 0.2) is 18.2 Å². The van der Waals surface area contributed by atoms with E-state index in [1.807, 2.05) is 6.07 Å². The molecule has 104 valence electrons. The summed E-state index contributed by atoms with van der Waals surface area (Å²) >= 11 is 6.11. The van der Waals surface area contributed by atoms with Crippen LogP contribution < -0.4 is 4.74 Å². The molecule has 1 aromatic rings. The van der Waals surface area contributed by atoms with Crippen LogP contribution in [0, 0.1) is 11.7 Å². The Kier molecular flexibility index (Phi) is 4.87. The van der Waals surface area contributed by atoms with Crippen LogP contribution in [-0.2, 0) is 0 Å². The quantitative estimate of drug-likeness (QED) is 0.711. The molecule has 3 heteroatoms. The van der Waals surface area contributed by atoms with Gasteiger partial charge in [-0.3, -0.25) is 0 Å². The van der Waals surface area contributed by atoms with Gasteiger partial charge in [-0.1, -0.05) is 37.4 Å².